The van der Waals surface area contributed by atoms with Crippen LogP contribution in [0.15, 0.2) is 83.6 Å². The highest BCUT2D eigenvalue weighted by molar-refractivity contribution is 6.30. The van der Waals surface area contributed by atoms with Crippen molar-refractivity contribution in [2.24, 2.45) is 5.92 Å². The summed E-state index contributed by atoms with van der Waals surface area (Å²) in [6.45, 7) is 9.60. The molecule has 7 heteroatoms. The Balaban J connectivity index is 1.55. The second-order valence-electron chi connectivity index (χ2n) is 8.66. The first-order valence-corrected chi connectivity index (χ1v) is 11.7. The van der Waals surface area contributed by atoms with E-state index in [1.807, 2.05) is 49.1 Å². The van der Waals surface area contributed by atoms with Gasteiger partial charge in [0.05, 0.1) is 12.8 Å². The molecule has 1 atom stereocenters. The average Bonchev–Trinajstić information content (AvgIpc) is 3.39. The van der Waals surface area contributed by atoms with Crippen LogP contribution < -0.4 is 5.32 Å². The Bertz CT molecular complexity index is 1170. The fourth-order valence-corrected chi connectivity index (χ4v) is 4.18. The molecule has 6 nitrogen and oxygen atoms in total. The van der Waals surface area contributed by atoms with Crippen molar-refractivity contribution in [1.29, 1.82) is 0 Å². The maximum atomic E-state index is 13.4. The number of nitrogens with zero attached hydrogens (tertiary/aromatic N) is 2. The van der Waals surface area contributed by atoms with E-state index in [9.17, 15) is 9.59 Å². The van der Waals surface area contributed by atoms with E-state index < -0.39 is 6.04 Å². The molecule has 1 aliphatic heterocycles. The molecule has 1 fully saturated rings. The molecule has 1 unspecified atom stereocenters. The van der Waals surface area contributed by atoms with Crippen LogP contribution in [0.25, 0.3) is 11.3 Å². The van der Waals surface area contributed by atoms with Gasteiger partial charge in [-0.25, -0.2) is 0 Å². The van der Waals surface area contributed by atoms with Gasteiger partial charge in [0.25, 0.3) is 5.91 Å². The highest BCUT2D eigenvalue weighted by atomic mass is 35.5. The SMILES string of the molecule is C=C(C(C)C)N1CCN(C(=O)c2cccc(-c3ccco3)c2)CC1C(=O)Nc1ccc(Cl)cc1. The zero-order valence-corrected chi connectivity index (χ0v) is 20.1. The molecule has 2 amide bonds. The van der Waals surface area contributed by atoms with Gasteiger partial charge < -0.3 is 19.5 Å². The summed E-state index contributed by atoms with van der Waals surface area (Å²) in [5.74, 6) is 0.574. The predicted octanol–water partition coefficient (Wildman–Crippen LogP) is 5.53. The van der Waals surface area contributed by atoms with E-state index >= 15 is 0 Å². The molecule has 176 valence electrons. The molecule has 2 aromatic carbocycles. The topological polar surface area (TPSA) is 65.8 Å². The molecule has 1 aliphatic rings. The van der Waals surface area contributed by atoms with Crippen LogP contribution in [0.1, 0.15) is 24.2 Å². The molecule has 1 saturated heterocycles. The average molecular weight is 478 g/mol. The van der Waals surface area contributed by atoms with Crippen LogP contribution in [0.4, 0.5) is 5.69 Å². The second-order valence-corrected chi connectivity index (χ2v) is 9.10. The standard InChI is InChI=1S/C27H28ClN3O3/c1-18(2)19(3)31-14-13-30(17-24(31)26(32)29-23-11-9-22(28)10-12-23)27(33)21-7-4-6-20(16-21)25-8-5-15-34-25/h4-12,15-16,18,24H,3,13-14,17H2,1-2H3,(H,29,32). The lowest BCUT2D eigenvalue weighted by Gasteiger charge is -2.43. The number of carbonyl (C=O) groups is 2. The number of hydrogen-bond acceptors (Lipinski definition) is 4. The fraction of sp³-hybridized carbons (Fsp3) is 0.259. The van der Waals surface area contributed by atoms with Crippen molar-refractivity contribution < 1.29 is 14.0 Å². The number of rotatable bonds is 6. The molecular formula is C27H28ClN3O3. The Hall–Kier alpha value is -3.51. The van der Waals surface area contributed by atoms with Crippen LogP contribution >= 0.6 is 11.6 Å². The predicted molar refractivity (Wildman–Crippen MR) is 135 cm³/mol. The second kappa shape index (κ2) is 10.2. The smallest absolute Gasteiger partial charge is 0.254 e. The van der Waals surface area contributed by atoms with Crippen molar-refractivity contribution in [2.75, 3.05) is 25.0 Å². The maximum absolute atomic E-state index is 13.4. The van der Waals surface area contributed by atoms with E-state index in [0.29, 0.717) is 35.1 Å². The van der Waals surface area contributed by atoms with Crippen molar-refractivity contribution in [3.05, 3.63) is 89.8 Å². The number of amides is 2. The molecular weight excluding hydrogens is 450 g/mol. The maximum Gasteiger partial charge on any atom is 0.254 e. The van der Waals surface area contributed by atoms with Crippen molar-refractivity contribution in [2.45, 2.75) is 19.9 Å². The van der Waals surface area contributed by atoms with E-state index in [4.69, 9.17) is 16.0 Å². The highest BCUT2D eigenvalue weighted by Crippen LogP contribution is 2.25. The molecule has 0 aliphatic carbocycles. The molecule has 3 aromatic rings. The first kappa shape index (κ1) is 23.6. The van der Waals surface area contributed by atoms with Gasteiger partial charge in [-0.1, -0.05) is 44.2 Å². The first-order chi connectivity index (χ1) is 16.3. The monoisotopic (exact) mass is 477 g/mol. The van der Waals surface area contributed by atoms with Gasteiger partial charge in [0.2, 0.25) is 5.91 Å². The number of furan rings is 1. The first-order valence-electron chi connectivity index (χ1n) is 11.3. The summed E-state index contributed by atoms with van der Waals surface area (Å²) in [6, 6.07) is 17.4. The molecule has 0 saturated carbocycles. The van der Waals surface area contributed by atoms with Gasteiger partial charge in [-0.05, 0) is 54.4 Å². The lowest BCUT2D eigenvalue weighted by atomic mass is 10.0. The Morgan fingerprint density at radius 1 is 1.09 bits per heavy atom. The van der Waals surface area contributed by atoms with Crippen LogP contribution in [0.2, 0.25) is 5.02 Å². The minimum atomic E-state index is -0.559. The van der Waals surface area contributed by atoms with Crippen LogP contribution in [-0.4, -0.2) is 47.3 Å². The third-order valence-electron chi connectivity index (χ3n) is 6.03. The van der Waals surface area contributed by atoms with Crippen LogP contribution in [0, 0.1) is 5.92 Å². The summed E-state index contributed by atoms with van der Waals surface area (Å²) < 4.78 is 5.47. The summed E-state index contributed by atoms with van der Waals surface area (Å²) in [5, 5.41) is 3.56. The number of halogens is 1. The van der Waals surface area contributed by atoms with Crippen LogP contribution in [-0.2, 0) is 4.79 Å². The summed E-state index contributed by atoms with van der Waals surface area (Å²) in [5.41, 5.74) is 2.92. The van der Waals surface area contributed by atoms with Gasteiger partial charge in [-0.3, -0.25) is 9.59 Å². The number of piperazine rings is 1. The number of hydrogen-bond donors (Lipinski definition) is 1. The van der Waals surface area contributed by atoms with E-state index in [1.165, 1.54) is 0 Å². The zero-order valence-electron chi connectivity index (χ0n) is 19.3. The largest absolute Gasteiger partial charge is 0.464 e. The molecule has 1 N–H and O–H groups in total. The number of nitrogens with one attached hydrogen (secondary N) is 1. The van der Waals surface area contributed by atoms with E-state index in [1.54, 1.807) is 41.5 Å². The quantitative estimate of drug-likeness (QED) is 0.506. The summed E-state index contributed by atoms with van der Waals surface area (Å²) in [7, 11) is 0. The molecule has 0 spiro atoms. The molecule has 4 rings (SSSR count). The minimum absolute atomic E-state index is 0.118. The summed E-state index contributed by atoms with van der Waals surface area (Å²) in [6.07, 6.45) is 1.61. The number of carbonyl (C=O) groups excluding carboxylic acids is 2. The van der Waals surface area contributed by atoms with E-state index in [2.05, 4.69) is 11.9 Å². The van der Waals surface area contributed by atoms with Gasteiger partial charge in [0, 0.05) is 40.6 Å². The Morgan fingerprint density at radius 3 is 2.53 bits per heavy atom. The van der Waals surface area contributed by atoms with Crippen molar-refractivity contribution in [1.82, 2.24) is 9.80 Å². The van der Waals surface area contributed by atoms with Gasteiger partial charge in [-0.2, -0.15) is 0 Å². The minimum Gasteiger partial charge on any atom is -0.464 e. The normalized spacial score (nSPS) is 15.9. The van der Waals surface area contributed by atoms with Crippen molar-refractivity contribution in [3.63, 3.8) is 0 Å². The highest BCUT2D eigenvalue weighted by Gasteiger charge is 2.36. The summed E-state index contributed by atoms with van der Waals surface area (Å²) in [4.78, 5) is 30.5. The molecule has 34 heavy (non-hydrogen) atoms. The third kappa shape index (κ3) is 5.18. The van der Waals surface area contributed by atoms with Gasteiger partial charge in [-0.15, -0.1) is 0 Å². The fourth-order valence-electron chi connectivity index (χ4n) is 4.06. The van der Waals surface area contributed by atoms with Crippen LogP contribution in [0.5, 0.6) is 0 Å². The molecule has 2 heterocycles. The number of anilines is 1. The summed E-state index contributed by atoms with van der Waals surface area (Å²) >= 11 is 5.97. The number of allylic oxidation sites excluding steroid dienone is 1. The number of benzene rings is 2. The van der Waals surface area contributed by atoms with Gasteiger partial charge >= 0.3 is 0 Å². The van der Waals surface area contributed by atoms with E-state index in [-0.39, 0.29) is 24.3 Å². The van der Waals surface area contributed by atoms with Crippen molar-refractivity contribution >= 4 is 29.1 Å². The third-order valence-corrected chi connectivity index (χ3v) is 6.28. The van der Waals surface area contributed by atoms with E-state index in [0.717, 1.165) is 11.3 Å². The Kier molecular flexibility index (Phi) is 7.08. The molecule has 0 radical (unpaired) electrons. The Labute approximate surface area is 204 Å². The lowest BCUT2D eigenvalue weighted by Crippen LogP contribution is -2.58. The molecule has 1 aromatic heterocycles. The zero-order chi connectivity index (χ0) is 24.2. The lowest BCUT2D eigenvalue weighted by molar-refractivity contribution is -0.122. The van der Waals surface area contributed by atoms with Gasteiger partial charge in [0.1, 0.15) is 11.8 Å². The Morgan fingerprint density at radius 2 is 1.85 bits per heavy atom. The van der Waals surface area contributed by atoms with Crippen molar-refractivity contribution in [3.8, 4) is 11.3 Å². The van der Waals surface area contributed by atoms with Gasteiger partial charge in [0.15, 0.2) is 0 Å². The van der Waals surface area contributed by atoms with Crippen LogP contribution in [0.3, 0.4) is 0 Å². The molecule has 0 bridgehead atoms.